The summed E-state index contributed by atoms with van der Waals surface area (Å²) in [4.78, 5) is 15.9. The zero-order valence-corrected chi connectivity index (χ0v) is 20.1. The normalized spacial score (nSPS) is 17.1. The molecular weight excluding hydrogens is 504 g/mol. The Morgan fingerprint density at radius 3 is 2.26 bits per heavy atom. The third-order valence-electron chi connectivity index (χ3n) is 5.50. The van der Waals surface area contributed by atoms with E-state index in [0.717, 1.165) is 11.3 Å². The highest BCUT2D eigenvalue weighted by Gasteiger charge is 2.37. The van der Waals surface area contributed by atoms with Gasteiger partial charge < -0.3 is 9.80 Å². The van der Waals surface area contributed by atoms with E-state index in [2.05, 4.69) is 4.90 Å². The maximum Gasteiger partial charge on any atom is 0.274 e. The monoisotopic (exact) mass is 521 g/mol. The van der Waals surface area contributed by atoms with Gasteiger partial charge in [0.15, 0.2) is 0 Å². The molecule has 2 aromatic rings. The average molecular weight is 523 g/mol. The predicted octanol–water partition coefficient (Wildman–Crippen LogP) is 4.11. The van der Waals surface area contributed by atoms with Crippen LogP contribution in [0, 0.1) is 0 Å². The van der Waals surface area contributed by atoms with E-state index in [4.69, 9.17) is 46.4 Å². The number of hydrogen-bond acceptors (Lipinski definition) is 4. The van der Waals surface area contributed by atoms with Crippen molar-refractivity contribution in [1.82, 2.24) is 4.90 Å². The van der Waals surface area contributed by atoms with Gasteiger partial charge in [0, 0.05) is 38.4 Å². The first kappa shape index (κ1) is 22.8. The van der Waals surface area contributed by atoms with E-state index in [9.17, 15) is 13.2 Å². The van der Waals surface area contributed by atoms with Crippen LogP contribution >= 0.6 is 46.4 Å². The predicted molar refractivity (Wildman–Crippen MR) is 125 cm³/mol. The van der Waals surface area contributed by atoms with Crippen LogP contribution in [0.4, 0.5) is 11.4 Å². The lowest BCUT2D eigenvalue weighted by atomic mass is 10.1. The first-order chi connectivity index (χ1) is 14.6. The van der Waals surface area contributed by atoms with Gasteiger partial charge in [-0.2, -0.15) is 0 Å². The van der Waals surface area contributed by atoms with Gasteiger partial charge in [0.1, 0.15) is 4.90 Å². The van der Waals surface area contributed by atoms with Gasteiger partial charge in [-0.15, -0.1) is 0 Å². The molecule has 166 valence electrons. The number of benzene rings is 2. The molecule has 0 saturated carbocycles. The average Bonchev–Trinajstić information content (AvgIpc) is 3.17. The molecule has 2 aliphatic heterocycles. The first-order valence-electron chi connectivity index (χ1n) is 9.60. The van der Waals surface area contributed by atoms with Crippen LogP contribution in [0.2, 0.25) is 5.02 Å². The molecule has 31 heavy (non-hydrogen) atoms. The second-order valence-corrected chi connectivity index (χ2v) is 11.9. The van der Waals surface area contributed by atoms with E-state index in [1.54, 1.807) is 18.2 Å². The maximum atomic E-state index is 13.1. The number of carbonyl (C=O) groups excluding carboxylic acids is 1. The molecule has 0 unspecified atom stereocenters. The number of anilines is 2. The minimum absolute atomic E-state index is 0.100. The summed E-state index contributed by atoms with van der Waals surface area (Å²) in [6, 6.07) is 12.2. The van der Waals surface area contributed by atoms with Crippen molar-refractivity contribution in [3.63, 3.8) is 0 Å². The summed E-state index contributed by atoms with van der Waals surface area (Å²) < 4.78 is 25.7. The second-order valence-electron chi connectivity index (χ2n) is 7.35. The molecule has 2 aliphatic rings. The van der Waals surface area contributed by atoms with E-state index in [-0.39, 0.29) is 9.92 Å². The lowest BCUT2D eigenvalue weighted by molar-refractivity contribution is -0.130. The van der Waals surface area contributed by atoms with E-state index < -0.39 is 19.7 Å². The van der Waals surface area contributed by atoms with Crippen molar-refractivity contribution in [2.45, 2.75) is 15.1 Å². The zero-order valence-electron chi connectivity index (χ0n) is 16.3. The number of amides is 1. The smallest absolute Gasteiger partial charge is 0.274 e. The minimum atomic E-state index is -3.75. The van der Waals surface area contributed by atoms with Crippen molar-refractivity contribution in [2.75, 3.05) is 41.9 Å². The van der Waals surface area contributed by atoms with Crippen molar-refractivity contribution in [3.05, 3.63) is 53.1 Å². The van der Waals surface area contributed by atoms with Gasteiger partial charge in [0.25, 0.3) is 19.7 Å². The van der Waals surface area contributed by atoms with E-state index in [1.165, 1.54) is 15.3 Å². The number of nitrogens with zero attached hydrogens (tertiary/aromatic N) is 3. The first-order valence-corrected chi connectivity index (χ1v) is 12.6. The van der Waals surface area contributed by atoms with Crippen LogP contribution in [0.25, 0.3) is 0 Å². The molecule has 11 heteroatoms. The maximum absolute atomic E-state index is 13.1. The number of halogens is 4. The molecule has 0 bridgehead atoms. The largest absolute Gasteiger partial charge is 0.368 e. The Hall–Kier alpha value is -1.38. The summed E-state index contributed by atoms with van der Waals surface area (Å²) >= 11 is 23.2. The van der Waals surface area contributed by atoms with Crippen LogP contribution in [-0.4, -0.2) is 55.7 Å². The molecule has 2 heterocycles. The minimum Gasteiger partial charge on any atom is -0.368 e. The molecule has 0 N–H and O–H groups in total. The number of piperazine rings is 1. The summed E-state index contributed by atoms with van der Waals surface area (Å²) in [6.07, 6.45) is 0.610. The fourth-order valence-electron chi connectivity index (χ4n) is 3.92. The Bertz CT molecular complexity index is 1110. The fraction of sp³-hybridized carbons (Fsp3) is 0.350. The molecule has 0 aromatic heterocycles. The Labute approximate surface area is 201 Å². The van der Waals surface area contributed by atoms with Gasteiger partial charge in [-0.1, -0.05) is 58.5 Å². The number of hydrogen-bond donors (Lipinski definition) is 0. The van der Waals surface area contributed by atoms with Gasteiger partial charge >= 0.3 is 0 Å². The van der Waals surface area contributed by atoms with Crippen molar-refractivity contribution in [2.24, 2.45) is 0 Å². The number of rotatable bonds is 3. The van der Waals surface area contributed by atoms with Crippen molar-refractivity contribution >= 4 is 73.7 Å². The second kappa shape index (κ2) is 8.52. The summed E-state index contributed by atoms with van der Waals surface area (Å²) in [5, 5.41) is 0.204. The topological polar surface area (TPSA) is 60.9 Å². The Balaban J connectivity index is 1.51. The van der Waals surface area contributed by atoms with Crippen LogP contribution in [0.15, 0.2) is 47.4 Å². The molecule has 0 aliphatic carbocycles. The van der Waals surface area contributed by atoms with Gasteiger partial charge in [-0.3, -0.25) is 9.10 Å². The van der Waals surface area contributed by atoms with E-state index in [0.29, 0.717) is 44.8 Å². The summed E-state index contributed by atoms with van der Waals surface area (Å²) in [7, 11) is -3.75. The van der Waals surface area contributed by atoms with E-state index >= 15 is 0 Å². The Morgan fingerprint density at radius 2 is 1.61 bits per heavy atom. The molecular formula is C20H19Cl4N3O3S. The van der Waals surface area contributed by atoms with Crippen LogP contribution in [0.1, 0.15) is 5.56 Å². The lowest BCUT2D eigenvalue weighted by Crippen LogP contribution is -2.51. The fourth-order valence-corrected chi connectivity index (χ4v) is 6.28. The third-order valence-corrected chi connectivity index (χ3v) is 8.29. The highest BCUT2D eigenvalue weighted by atomic mass is 35.6. The standard InChI is InChI=1S/C20H19Cl4N3O3S/c21-16-3-1-2-4-18(16)31(29,30)27-8-7-14-13-15(5-6-17(14)27)25-9-11-26(12-10-25)19(28)20(22,23)24/h1-6,13H,7-12H2. The van der Waals surface area contributed by atoms with Gasteiger partial charge in [0.05, 0.1) is 10.7 Å². The van der Waals surface area contributed by atoms with Crippen molar-refractivity contribution < 1.29 is 13.2 Å². The van der Waals surface area contributed by atoms with Crippen molar-refractivity contribution in [3.8, 4) is 0 Å². The summed E-state index contributed by atoms with van der Waals surface area (Å²) in [5.74, 6) is -0.522. The molecule has 0 spiro atoms. The molecule has 1 fully saturated rings. The number of alkyl halides is 3. The third kappa shape index (κ3) is 4.44. The zero-order chi connectivity index (χ0) is 22.4. The molecule has 0 atom stereocenters. The SMILES string of the molecule is O=C(N1CCN(c2ccc3c(c2)CCN3S(=O)(=O)c2ccccc2Cl)CC1)C(Cl)(Cl)Cl. The summed E-state index contributed by atoms with van der Waals surface area (Å²) in [6.45, 7) is 2.42. The van der Waals surface area contributed by atoms with Gasteiger partial charge in [-0.05, 0) is 42.3 Å². The molecule has 2 aromatic carbocycles. The number of fused-ring (bicyclic) bond motifs is 1. The molecule has 1 saturated heterocycles. The highest BCUT2D eigenvalue weighted by Crippen LogP contribution is 2.37. The molecule has 4 rings (SSSR count). The lowest BCUT2D eigenvalue weighted by Gasteiger charge is -2.37. The number of carbonyl (C=O) groups is 1. The van der Waals surface area contributed by atoms with Crippen LogP contribution < -0.4 is 9.21 Å². The Kier molecular flexibility index (Phi) is 6.27. The molecule has 1 amide bonds. The number of sulfonamides is 1. The van der Waals surface area contributed by atoms with Gasteiger partial charge in [-0.25, -0.2) is 8.42 Å². The Morgan fingerprint density at radius 1 is 0.935 bits per heavy atom. The van der Waals surface area contributed by atoms with E-state index in [1.807, 2.05) is 18.2 Å². The quantitative estimate of drug-likeness (QED) is 0.569. The highest BCUT2D eigenvalue weighted by molar-refractivity contribution is 7.93. The van der Waals surface area contributed by atoms with Crippen LogP contribution in [0.5, 0.6) is 0 Å². The van der Waals surface area contributed by atoms with Crippen LogP contribution in [0.3, 0.4) is 0 Å². The summed E-state index contributed by atoms with van der Waals surface area (Å²) in [5.41, 5.74) is 2.58. The van der Waals surface area contributed by atoms with Crippen molar-refractivity contribution in [1.29, 1.82) is 0 Å². The molecule has 6 nitrogen and oxygen atoms in total. The molecule has 0 radical (unpaired) electrons. The van der Waals surface area contributed by atoms with Gasteiger partial charge in [0.2, 0.25) is 0 Å². The van der Waals surface area contributed by atoms with Crippen LogP contribution in [-0.2, 0) is 21.2 Å².